The average Bonchev–Trinajstić information content (AvgIpc) is 2.64. The van der Waals surface area contributed by atoms with E-state index in [-0.39, 0.29) is 17.8 Å². The van der Waals surface area contributed by atoms with Crippen LogP contribution in [0, 0.1) is 11.9 Å². The van der Waals surface area contributed by atoms with Crippen molar-refractivity contribution in [2.45, 2.75) is 6.04 Å². The number of ether oxygens (including phenoxy) is 1. The maximum atomic E-state index is 12.8. The first-order valence-electron chi connectivity index (χ1n) is 4.93. The third kappa shape index (κ3) is 2.34. The van der Waals surface area contributed by atoms with Crippen LogP contribution in [0.3, 0.4) is 0 Å². The maximum Gasteiger partial charge on any atom is 0.232 e. The summed E-state index contributed by atoms with van der Waals surface area (Å²) in [5.74, 6) is -1.14. The molecule has 0 spiro atoms. The van der Waals surface area contributed by atoms with Crippen LogP contribution in [0.25, 0.3) is 0 Å². The van der Waals surface area contributed by atoms with Gasteiger partial charge < -0.3 is 15.8 Å². The second-order valence-corrected chi connectivity index (χ2v) is 3.64. The molecular formula is C10H12FN3O2. The number of anilines is 1. The molecule has 0 aromatic carbocycles. The Morgan fingerprint density at radius 2 is 2.38 bits per heavy atom. The highest BCUT2D eigenvalue weighted by Gasteiger charge is 2.31. The summed E-state index contributed by atoms with van der Waals surface area (Å²) in [6.45, 7) is 0.664. The summed E-state index contributed by atoms with van der Waals surface area (Å²) in [4.78, 5) is 15.2. The molecule has 1 amide bonds. The predicted molar refractivity (Wildman–Crippen MR) is 55.1 cm³/mol. The SMILES string of the molecule is NC1COCC1C(=O)Nc1cccc(F)n1. The van der Waals surface area contributed by atoms with Crippen LogP contribution in [-0.2, 0) is 9.53 Å². The fourth-order valence-electron chi connectivity index (χ4n) is 1.54. The standard InChI is InChI=1S/C10H12FN3O2/c11-8-2-1-3-9(13-8)14-10(15)6-4-16-5-7(6)12/h1-3,6-7H,4-5,12H2,(H,13,14,15). The smallest absolute Gasteiger partial charge is 0.232 e. The van der Waals surface area contributed by atoms with Gasteiger partial charge in [0.2, 0.25) is 11.9 Å². The quantitative estimate of drug-likeness (QED) is 0.701. The van der Waals surface area contributed by atoms with Crippen molar-refractivity contribution in [3.63, 3.8) is 0 Å². The van der Waals surface area contributed by atoms with E-state index in [9.17, 15) is 9.18 Å². The van der Waals surface area contributed by atoms with E-state index in [0.29, 0.717) is 13.2 Å². The minimum Gasteiger partial charge on any atom is -0.379 e. The predicted octanol–water partition coefficient (Wildman–Crippen LogP) is 0.133. The fraction of sp³-hybridized carbons (Fsp3) is 0.400. The van der Waals surface area contributed by atoms with Gasteiger partial charge in [0.05, 0.1) is 19.1 Å². The first-order valence-corrected chi connectivity index (χ1v) is 4.93. The number of hydrogen-bond donors (Lipinski definition) is 2. The molecule has 1 aromatic heterocycles. The molecule has 1 saturated heterocycles. The highest BCUT2D eigenvalue weighted by Crippen LogP contribution is 2.14. The number of pyridine rings is 1. The molecule has 0 bridgehead atoms. The molecule has 0 radical (unpaired) electrons. The number of nitrogens with zero attached hydrogens (tertiary/aromatic N) is 1. The van der Waals surface area contributed by atoms with Crippen LogP contribution >= 0.6 is 0 Å². The van der Waals surface area contributed by atoms with Crippen molar-refractivity contribution in [1.29, 1.82) is 0 Å². The van der Waals surface area contributed by atoms with Crippen LogP contribution in [-0.4, -0.2) is 30.1 Å². The number of nitrogens with one attached hydrogen (secondary N) is 1. The lowest BCUT2D eigenvalue weighted by Gasteiger charge is -2.12. The zero-order chi connectivity index (χ0) is 11.5. The largest absolute Gasteiger partial charge is 0.379 e. The number of amides is 1. The molecule has 1 aliphatic rings. The van der Waals surface area contributed by atoms with Gasteiger partial charge in [0.25, 0.3) is 0 Å². The summed E-state index contributed by atoms with van der Waals surface area (Å²) in [6.07, 6.45) is 0. The second kappa shape index (κ2) is 4.54. The van der Waals surface area contributed by atoms with Gasteiger partial charge >= 0.3 is 0 Å². The van der Waals surface area contributed by atoms with E-state index in [1.165, 1.54) is 18.2 Å². The fourth-order valence-corrected chi connectivity index (χ4v) is 1.54. The number of carbonyl (C=O) groups excluding carboxylic acids is 1. The number of hydrogen-bond acceptors (Lipinski definition) is 4. The van der Waals surface area contributed by atoms with Crippen LogP contribution in [0.4, 0.5) is 10.2 Å². The van der Waals surface area contributed by atoms with E-state index < -0.39 is 11.9 Å². The van der Waals surface area contributed by atoms with Crippen LogP contribution < -0.4 is 11.1 Å². The molecule has 0 aliphatic carbocycles. The van der Waals surface area contributed by atoms with Crippen molar-refractivity contribution in [1.82, 2.24) is 4.98 Å². The molecule has 6 heteroatoms. The van der Waals surface area contributed by atoms with Crippen LogP contribution in [0.5, 0.6) is 0 Å². The zero-order valence-electron chi connectivity index (χ0n) is 8.52. The lowest BCUT2D eigenvalue weighted by Crippen LogP contribution is -2.37. The van der Waals surface area contributed by atoms with Crippen LogP contribution in [0.2, 0.25) is 0 Å². The number of aromatic nitrogens is 1. The molecule has 2 atom stereocenters. The number of rotatable bonds is 2. The van der Waals surface area contributed by atoms with Gasteiger partial charge in [0.15, 0.2) is 0 Å². The molecule has 2 unspecified atom stereocenters. The summed E-state index contributed by atoms with van der Waals surface area (Å²) in [7, 11) is 0. The third-order valence-corrected chi connectivity index (χ3v) is 2.43. The van der Waals surface area contributed by atoms with E-state index in [2.05, 4.69) is 10.3 Å². The molecule has 0 saturated carbocycles. The lowest BCUT2D eigenvalue weighted by molar-refractivity contribution is -0.120. The summed E-state index contributed by atoms with van der Waals surface area (Å²) < 4.78 is 17.8. The number of halogens is 1. The van der Waals surface area contributed by atoms with Gasteiger partial charge in [-0.2, -0.15) is 4.39 Å². The molecule has 86 valence electrons. The van der Waals surface area contributed by atoms with Crippen LogP contribution in [0.1, 0.15) is 0 Å². The molecule has 3 N–H and O–H groups in total. The zero-order valence-corrected chi connectivity index (χ0v) is 8.52. The molecule has 1 aliphatic heterocycles. The highest BCUT2D eigenvalue weighted by atomic mass is 19.1. The molecule has 1 fully saturated rings. The Morgan fingerprint density at radius 1 is 1.56 bits per heavy atom. The number of nitrogens with two attached hydrogens (primary N) is 1. The Bertz CT molecular complexity index is 399. The second-order valence-electron chi connectivity index (χ2n) is 3.64. The molecular weight excluding hydrogens is 213 g/mol. The average molecular weight is 225 g/mol. The Balaban J connectivity index is 2.02. The summed E-state index contributed by atoms with van der Waals surface area (Å²) >= 11 is 0. The van der Waals surface area contributed by atoms with Gasteiger partial charge in [-0.25, -0.2) is 4.98 Å². The van der Waals surface area contributed by atoms with Crippen molar-refractivity contribution in [2.24, 2.45) is 11.7 Å². The topological polar surface area (TPSA) is 77.2 Å². The summed E-state index contributed by atoms with van der Waals surface area (Å²) in [6, 6.07) is 3.89. The first-order chi connectivity index (χ1) is 7.66. The Hall–Kier alpha value is -1.53. The van der Waals surface area contributed by atoms with Crippen LogP contribution in [0.15, 0.2) is 18.2 Å². The van der Waals surface area contributed by atoms with E-state index in [1.54, 1.807) is 0 Å². The van der Waals surface area contributed by atoms with E-state index in [4.69, 9.17) is 10.5 Å². The normalized spacial score (nSPS) is 24.4. The first kappa shape index (κ1) is 11.0. The minimum atomic E-state index is -0.634. The molecule has 2 heterocycles. The Morgan fingerprint density at radius 3 is 3.00 bits per heavy atom. The Kier molecular flexibility index (Phi) is 3.12. The summed E-state index contributed by atoms with van der Waals surface area (Å²) in [5.41, 5.74) is 5.68. The molecule has 1 aromatic rings. The van der Waals surface area contributed by atoms with Gasteiger partial charge in [-0.05, 0) is 12.1 Å². The van der Waals surface area contributed by atoms with E-state index in [0.717, 1.165) is 0 Å². The third-order valence-electron chi connectivity index (χ3n) is 2.43. The maximum absolute atomic E-state index is 12.8. The van der Waals surface area contributed by atoms with Crippen molar-refractivity contribution in [2.75, 3.05) is 18.5 Å². The van der Waals surface area contributed by atoms with Crippen molar-refractivity contribution in [3.05, 3.63) is 24.1 Å². The van der Waals surface area contributed by atoms with Crippen molar-refractivity contribution in [3.8, 4) is 0 Å². The molecule has 5 nitrogen and oxygen atoms in total. The monoisotopic (exact) mass is 225 g/mol. The molecule has 2 rings (SSSR count). The van der Waals surface area contributed by atoms with Crippen molar-refractivity contribution < 1.29 is 13.9 Å². The van der Waals surface area contributed by atoms with Gasteiger partial charge in [-0.3, -0.25) is 4.79 Å². The minimum absolute atomic E-state index is 0.184. The lowest BCUT2D eigenvalue weighted by atomic mass is 10.0. The van der Waals surface area contributed by atoms with E-state index in [1.807, 2.05) is 0 Å². The van der Waals surface area contributed by atoms with Gasteiger partial charge in [-0.15, -0.1) is 0 Å². The van der Waals surface area contributed by atoms with Gasteiger partial charge in [0, 0.05) is 6.04 Å². The number of carbonyl (C=O) groups is 1. The Labute approximate surface area is 91.8 Å². The van der Waals surface area contributed by atoms with E-state index >= 15 is 0 Å². The van der Waals surface area contributed by atoms with Crippen molar-refractivity contribution >= 4 is 11.7 Å². The van der Waals surface area contributed by atoms with Gasteiger partial charge in [0.1, 0.15) is 5.82 Å². The van der Waals surface area contributed by atoms with Gasteiger partial charge in [-0.1, -0.05) is 6.07 Å². The summed E-state index contributed by atoms with van der Waals surface area (Å²) in [5, 5.41) is 2.51. The highest BCUT2D eigenvalue weighted by molar-refractivity contribution is 5.92. The molecule has 16 heavy (non-hydrogen) atoms.